The minimum absolute atomic E-state index is 0.0896. The first-order chi connectivity index (χ1) is 16.4. The zero-order valence-electron chi connectivity index (χ0n) is 21.7. The lowest BCUT2D eigenvalue weighted by atomic mass is 9.69. The van der Waals surface area contributed by atoms with E-state index in [0.29, 0.717) is 19.4 Å². The average molecular weight is 492 g/mol. The van der Waals surface area contributed by atoms with Crippen molar-refractivity contribution in [2.24, 2.45) is 5.41 Å². The molecular formula is C29H37NO4Si. The number of likely N-dealkylation sites (tertiary alicyclic amines) is 1. The molecule has 1 fully saturated rings. The predicted molar refractivity (Wildman–Crippen MR) is 143 cm³/mol. The summed E-state index contributed by atoms with van der Waals surface area (Å²) in [5.41, 5.74) is -1.73. The molecule has 5 nitrogen and oxygen atoms in total. The monoisotopic (exact) mass is 491 g/mol. The molecule has 1 saturated heterocycles. The van der Waals surface area contributed by atoms with Gasteiger partial charge in [0.05, 0.1) is 6.61 Å². The number of Topliss-reactive ketones (excluding diaryl/α,β-unsaturated/α-hetero) is 1. The maximum atomic E-state index is 13.5. The highest BCUT2D eigenvalue weighted by atomic mass is 28.4. The van der Waals surface area contributed by atoms with Crippen molar-refractivity contribution in [3.8, 4) is 11.8 Å². The molecule has 1 N–H and O–H groups in total. The number of carbonyl (C=O) groups excluding carboxylic acids is 1. The molecule has 1 heterocycles. The standard InChI is InChI=1S/C29H37NO4Si/c1-27(2,3)29(20-14-21-30(29)26(32)33)25(31)19-13-22-34-35(28(4,5)6,23-15-9-7-10-16-23)24-17-11-8-12-18-24/h7-12,15-18H,14,20-22H2,1-6H3,(H,32,33)/t29-/m1/s1. The van der Waals surface area contributed by atoms with Crippen molar-refractivity contribution in [2.75, 3.05) is 13.2 Å². The summed E-state index contributed by atoms with van der Waals surface area (Å²) >= 11 is 0. The Kier molecular flexibility index (Phi) is 7.64. The van der Waals surface area contributed by atoms with Crippen LogP contribution in [-0.4, -0.2) is 48.9 Å². The molecule has 0 unspecified atom stereocenters. The fourth-order valence-electron chi connectivity index (χ4n) is 5.56. The number of carbonyl (C=O) groups is 2. The van der Waals surface area contributed by atoms with Gasteiger partial charge in [-0.3, -0.25) is 9.69 Å². The van der Waals surface area contributed by atoms with E-state index in [1.165, 1.54) is 4.90 Å². The highest BCUT2D eigenvalue weighted by Crippen LogP contribution is 2.44. The highest BCUT2D eigenvalue weighted by Gasteiger charge is 2.56. The van der Waals surface area contributed by atoms with Crippen LogP contribution in [0.4, 0.5) is 4.79 Å². The molecule has 2 aromatic rings. The van der Waals surface area contributed by atoms with Crippen molar-refractivity contribution in [1.82, 2.24) is 4.90 Å². The normalized spacial score (nSPS) is 18.6. The fourth-order valence-corrected chi connectivity index (χ4v) is 10.0. The lowest BCUT2D eigenvalue weighted by molar-refractivity contribution is -0.129. The fraction of sp³-hybridized carbons (Fsp3) is 0.448. The molecular weight excluding hydrogens is 454 g/mol. The Morgan fingerprint density at radius 1 is 0.971 bits per heavy atom. The van der Waals surface area contributed by atoms with Gasteiger partial charge in [0.15, 0.2) is 0 Å². The molecule has 0 radical (unpaired) electrons. The summed E-state index contributed by atoms with van der Waals surface area (Å²) in [6.45, 7) is 12.7. The summed E-state index contributed by atoms with van der Waals surface area (Å²) < 4.78 is 6.76. The van der Waals surface area contributed by atoms with Crippen LogP contribution in [0.1, 0.15) is 54.4 Å². The lowest BCUT2D eigenvalue weighted by Gasteiger charge is -2.44. The van der Waals surface area contributed by atoms with E-state index in [1.807, 2.05) is 57.2 Å². The highest BCUT2D eigenvalue weighted by molar-refractivity contribution is 6.99. The first kappa shape index (κ1) is 26.7. The van der Waals surface area contributed by atoms with Gasteiger partial charge in [0, 0.05) is 6.54 Å². The first-order valence-electron chi connectivity index (χ1n) is 12.2. The molecule has 1 atom stereocenters. The largest absolute Gasteiger partial charge is 0.465 e. The van der Waals surface area contributed by atoms with Gasteiger partial charge in [0.1, 0.15) is 5.54 Å². The molecule has 0 spiro atoms. The molecule has 0 aromatic heterocycles. The Morgan fingerprint density at radius 2 is 1.49 bits per heavy atom. The summed E-state index contributed by atoms with van der Waals surface area (Å²) in [4.78, 5) is 26.7. The van der Waals surface area contributed by atoms with Crippen LogP contribution in [0.3, 0.4) is 0 Å². The van der Waals surface area contributed by atoms with Crippen LogP contribution in [-0.2, 0) is 9.22 Å². The van der Waals surface area contributed by atoms with Crippen molar-refractivity contribution in [3.05, 3.63) is 60.7 Å². The topological polar surface area (TPSA) is 66.8 Å². The van der Waals surface area contributed by atoms with Gasteiger partial charge < -0.3 is 9.53 Å². The zero-order chi connectivity index (χ0) is 25.9. The number of rotatable bonds is 5. The van der Waals surface area contributed by atoms with Crippen LogP contribution >= 0.6 is 0 Å². The Morgan fingerprint density at radius 3 is 1.91 bits per heavy atom. The molecule has 6 heteroatoms. The number of benzene rings is 2. The molecule has 35 heavy (non-hydrogen) atoms. The Labute approximate surface area is 210 Å². The van der Waals surface area contributed by atoms with Crippen molar-refractivity contribution >= 4 is 30.6 Å². The Hall–Kier alpha value is -2.88. The summed E-state index contributed by atoms with van der Waals surface area (Å²) in [6.07, 6.45) is 0.0534. The van der Waals surface area contributed by atoms with E-state index in [2.05, 4.69) is 56.9 Å². The molecule has 0 aliphatic carbocycles. The quantitative estimate of drug-likeness (QED) is 0.374. The SMILES string of the molecule is CC(C)(C)[C@]1(C(=O)C#CCO[Si](c2ccccc2)(c2ccccc2)C(C)(C)C)CCCN1C(=O)O. The first-order valence-corrected chi connectivity index (χ1v) is 14.1. The van der Waals surface area contributed by atoms with Gasteiger partial charge in [0.25, 0.3) is 8.32 Å². The maximum absolute atomic E-state index is 13.5. The third-order valence-electron chi connectivity index (χ3n) is 7.21. The molecule has 1 aliphatic heterocycles. The molecule has 186 valence electrons. The lowest BCUT2D eigenvalue weighted by Crippen LogP contribution is -2.66. The van der Waals surface area contributed by atoms with Crippen molar-refractivity contribution < 1.29 is 19.1 Å². The van der Waals surface area contributed by atoms with Gasteiger partial charge in [-0.2, -0.15) is 0 Å². The van der Waals surface area contributed by atoms with E-state index in [-0.39, 0.29) is 17.4 Å². The van der Waals surface area contributed by atoms with Gasteiger partial charge in [-0.15, -0.1) is 0 Å². The number of hydrogen-bond acceptors (Lipinski definition) is 3. The third kappa shape index (κ3) is 4.80. The minimum Gasteiger partial charge on any atom is -0.465 e. The number of amides is 1. The molecule has 3 rings (SSSR count). The number of nitrogens with zero attached hydrogens (tertiary/aromatic N) is 1. The third-order valence-corrected chi connectivity index (χ3v) is 12.2. The summed E-state index contributed by atoms with van der Waals surface area (Å²) in [7, 11) is -2.76. The van der Waals surface area contributed by atoms with Crippen LogP contribution in [0.5, 0.6) is 0 Å². The molecule has 0 bridgehead atoms. The van der Waals surface area contributed by atoms with Crippen molar-refractivity contribution in [3.63, 3.8) is 0 Å². The van der Waals surface area contributed by atoms with Crippen LogP contribution in [0.2, 0.25) is 5.04 Å². The average Bonchev–Trinajstić information content (AvgIpc) is 3.26. The van der Waals surface area contributed by atoms with E-state index in [0.717, 1.165) is 10.4 Å². The second-order valence-corrected chi connectivity index (χ2v) is 15.5. The zero-order valence-corrected chi connectivity index (χ0v) is 22.7. The second kappa shape index (κ2) is 10.0. The van der Waals surface area contributed by atoms with Gasteiger partial charge in [-0.05, 0) is 39.6 Å². The van der Waals surface area contributed by atoms with Crippen molar-refractivity contribution in [2.45, 2.75) is 65.0 Å². The second-order valence-electron chi connectivity index (χ2n) is 11.2. The molecule has 1 amide bonds. The number of ketones is 1. The van der Waals surface area contributed by atoms with E-state index in [4.69, 9.17) is 4.43 Å². The van der Waals surface area contributed by atoms with E-state index in [9.17, 15) is 14.7 Å². The van der Waals surface area contributed by atoms with Gasteiger partial charge in [0.2, 0.25) is 5.78 Å². The van der Waals surface area contributed by atoms with Gasteiger partial charge in [-0.25, -0.2) is 4.79 Å². The number of carboxylic acid groups (broad SMARTS) is 1. The summed E-state index contributed by atoms with van der Waals surface area (Å²) in [5, 5.41) is 11.9. The van der Waals surface area contributed by atoms with Crippen LogP contribution in [0.25, 0.3) is 0 Å². The molecule has 0 saturated carbocycles. The van der Waals surface area contributed by atoms with Crippen LogP contribution in [0.15, 0.2) is 60.7 Å². The summed E-state index contributed by atoms with van der Waals surface area (Å²) in [6, 6.07) is 20.5. The van der Waals surface area contributed by atoms with Gasteiger partial charge in [-0.1, -0.05) is 108 Å². The van der Waals surface area contributed by atoms with Crippen LogP contribution < -0.4 is 10.4 Å². The minimum atomic E-state index is -2.76. The van der Waals surface area contributed by atoms with Crippen LogP contribution in [0, 0.1) is 17.3 Å². The van der Waals surface area contributed by atoms with E-state index < -0.39 is 25.4 Å². The Balaban J connectivity index is 1.98. The Bertz CT molecular complexity index is 1070. The predicted octanol–water partition coefficient (Wildman–Crippen LogP) is 4.69. The summed E-state index contributed by atoms with van der Waals surface area (Å²) in [5.74, 6) is 5.41. The smallest absolute Gasteiger partial charge is 0.408 e. The molecule has 1 aliphatic rings. The van der Waals surface area contributed by atoms with E-state index >= 15 is 0 Å². The van der Waals surface area contributed by atoms with Crippen molar-refractivity contribution in [1.29, 1.82) is 0 Å². The molecule has 2 aromatic carbocycles. The number of hydrogen-bond donors (Lipinski definition) is 1. The van der Waals surface area contributed by atoms with Gasteiger partial charge >= 0.3 is 6.09 Å². The maximum Gasteiger partial charge on any atom is 0.408 e. The van der Waals surface area contributed by atoms with E-state index in [1.54, 1.807) is 0 Å².